The molecule has 0 unspecified atom stereocenters. The topological polar surface area (TPSA) is 38.3 Å². The Morgan fingerprint density at radius 2 is 2.20 bits per heavy atom. The van der Waals surface area contributed by atoms with Crippen molar-refractivity contribution in [1.82, 2.24) is 5.32 Å². The SMILES string of the molecule is C#CCOCCC(=O)NCCCCCC. The number of rotatable bonds is 9. The molecule has 0 heterocycles. The summed E-state index contributed by atoms with van der Waals surface area (Å²) in [6, 6.07) is 0. The van der Waals surface area contributed by atoms with Gasteiger partial charge in [0.1, 0.15) is 6.61 Å². The molecule has 1 amide bonds. The van der Waals surface area contributed by atoms with E-state index in [0.717, 1.165) is 13.0 Å². The van der Waals surface area contributed by atoms with Crippen LogP contribution >= 0.6 is 0 Å². The van der Waals surface area contributed by atoms with E-state index in [1.54, 1.807) is 0 Å². The highest BCUT2D eigenvalue weighted by Gasteiger charge is 1.99. The van der Waals surface area contributed by atoms with Crippen LogP contribution in [0.4, 0.5) is 0 Å². The number of hydrogen-bond acceptors (Lipinski definition) is 2. The van der Waals surface area contributed by atoms with Crippen molar-refractivity contribution >= 4 is 5.91 Å². The second-order valence-corrected chi connectivity index (χ2v) is 3.42. The molecule has 0 aliphatic heterocycles. The van der Waals surface area contributed by atoms with Crippen LogP contribution in [0.2, 0.25) is 0 Å². The number of carbonyl (C=O) groups excluding carboxylic acids is 1. The summed E-state index contributed by atoms with van der Waals surface area (Å²) in [5.41, 5.74) is 0. The Morgan fingerprint density at radius 1 is 1.40 bits per heavy atom. The van der Waals surface area contributed by atoms with Gasteiger partial charge in [-0.05, 0) is 6.42 Å². The van der Waals surface area contributed by atoms with Gasteiger partial charge in [0.25, 0.3) is 0 Å². The summed E-state index contributed by atoms with van der Waals surface area (Å²) in [7, 11) is 0. The number of unbranched alkanes of at least 4 members (excludes halogenated alkanes) is 3. The first kappa shape index (κ1) is 14.0. The average molecular weight is 211 g/mol. The Bertz CT molecular complexity index is 196. The maximum atomic E-state index is 11.2. The fraction of sp³-hybridized carbons (Fsp3) is 0.750. The van der Waals surface area contributed by atoms with Crippen molar-refractivity contribution < 1.29 is 9.53 Å². The summed E-state index contributed by atoms with van der Waals surface area (Å²) >= 11 is 0. The van der Waals surface area contributed by atoms with Crippen LogP contribution in [0, 0.1) is 12.3 Å². The lowest BCUT2D eigenvalue weighted by Crippen LogP contribution is -2.25. The van der Waals surface area contributed by atoms with Crippen molar-refractivity contribution in [3.8, 4) is 12.3 Å². The fourth-order valence-corrected chi connectivity index (χ4v) is 1.16. The van der Waals surface area contributed by atoms with E-state index in [9.17, 15) is 4.79 Å². The average Bonchev–Trinajstić information content (AvgIpc) is 2.24. The largest absolute Gasteiger partial charge is 0.368 e. The van der Waals surface area contributed by atoms with Crippen molar-refractivity contribution in [3.63, 3.8) is 0 Å². The van der Waals surface area contributed by atoms with Crippen molar-refractivity contribution in [3.05, 3.63) is 0 Å². The van der Waals surface area contributed by atoms with E-state index in [2.05, 4.69) is 18.2 Å². The van der Waals surface area contributed by atoms with Crippen molar-refractivity contribution in [2.45, 2.75) is 39.0 Å². The first-order chi connectivity index (χ1) is 7.31. The molecule has 0 aromatic rings. The summed E-state index contributed by atoms with van der Waals surface area (Å²) < 4.78 is 5.00. The zero-order chi connectivity index (χ0) is 11.4. The summed E-state index contributed by atoms with van der Waals surface area (Å²) in [6.45, 7) is 3.63. The van der Waals surface area contributed by atoms with Gasteiger partial charge in [0, 0.05) is 6.54 Å². The summed E-state index contributed by atoms with van der Waals surface area (Å²) in [5, 5.41) is 2.85. The van der Waals surface area contributed by atoms with E-state index in [1.165, 1.54) is 19.3 Å². The Kier molecular flexibility index (Phi) is 10.3. The number of hydrogen-bond donors (Lipinski definition) is 1. The maximum absolute atomic E-state index is 11.2. The van der Waals surface area contributed by atoms with Gasteiger partial charge in [-0.1, -0.05) is 32.1 Å². The van der Waals surface area contributed by atoms with Gasteiger partial charge in [-0.3, -0.25) is 4.79 Å². The molecule has 0 aliphatic rings. The summed E-state index contributed by atoms with van der Waals surface area (Å²) in [5.74, 6) is 2.40. The first-order valence-electron chi connectivity index (χ1n) is 5.59. The molecule has 0 saturated heterocycles. The molecule has 0 saturated carbocycles. The normalized spacial score (nSPS) is 9.60. The van der Waals surface area contributed by atoms with Crippen LogP contribution in [0.1, 0.15) is 39.0 Å². The third-order valence-electron chi connectivity index (χ3n) is 2.01. The van der Waals surface area contributed by atoms with Crippen LogP contribution < -0.4 is 5.32 Å². The quantitative estimate of drug-likeness (QED) is 0.466. The lowest BCUT2D eigenvalue weighted by Gasteiger charge is -2.04. The van der Waals surface area contributed by atoms with E-state index < -0.39 is 0 Å². The Labute approximate surface area is 92.6 Å². The molecular formula is C12H21NO2. The number of nitrogens with one attached hydrogen (secondary N) is 1. The van der Waals surface area contributed by atoms with Crippen LogP contribution in [0.5, 0.6) is 0 Å². The lowest BCUT2D eigenvalue weighted by molar-refractivity contribution is -0.122. The van der Waals surface area contributed by atoms with E-state index in [1.807, 2.05) is 0 Å². The highest BCUT2D eigenvalue weighted by Crippen LogP contribution is 1.97. The molecule has 0 spiro atoms. The minimum atomic E-state index is 0.0449. The van der Waals surface area contributed by atoms with Crippen LogP contribution in [0.15, 0.2) is 0 Å². The van der Waals surface area contributed by atoms with Crippen LogP contribution in [0.3, 0.4) is 0 Å². The molecule has 0 aromatic carbocycles. The summed E-state index contributed by atoms with van der Waals surface area (Å²) in [6.07, 6.45) is 10.1. The predicted octanol–water partition coefficient (Wildman–Crippen LogP) is 1.72. The summed E-state index contributed by atoms with van der Waals surface area (Å²) in [4.78, 5) is 11.2. The highest BCUT2D eigenvalue weighted by atomic mass is 16.5. The molecule has 3 nitrogen and oxygen atoms in total. The standard InChI is InChI=1S/C12H21NO2/c1-3-5-6-7-9-13-12(14)8-11-15-10-4-2/h2H,3,5-11H2,1H3,(H,13,14). The van der Waals surface area contributed by atoms with Crippen LogP contribution in [0.25, 0.3) is 0 Å². The van der Waals surface area contributed by atoms with Gasteiger partial charge >= 0.3 is 0 Å². The molecule has 0 rings (SSSR count). The van der Waals surface area contributed by atoms with E-state index in [0.29, 0.717) is 13.0 Å². The minimum absolute atomic E-state index is 0.0449. The fourth-order valence-electron chi connectivity index (χ4n) is 1.16. The second kappa shape index (κ2) is 11.1. The van der Waals surface area contributed by atoms with Gasteiger partial charge in [-0.2, -0.15) is 0 Å². The van der Waals surface area contributed by atoms with Gasteiger partial charge in [0.2, 0.25) is 5.91 Å². The highest BCUT2D eigenvalue weighted by molar-refractivity contribution is 5.75. The third kappa shape index (κ3) is 10.9. The van der Waals surface area contributed by atoms with Crippen molar-refractivity contribution in [2.24, 2.45) is 0 Å². The van der Waals surface area contributed by atoms with E-state index in [4.69, 9.17) is 11.2 Å². The molecule has 0 aromatic heterocycles. The Morgan fingerprint density at radius 3 is 2.87 bits per heavy atom. The third-order valence-corrected chi connectivity index (χ3v) is 2.01. The lowest BCUT2D eigenvalue weighted by atomic mass is 10.2. The molecule has 3 heteroatoms. The molecule has 1 N–H and O–H groups in total. The molecule has 86 valence electrons. The van der Waals surface area contributed by atoms with Gasteiger partial charge < -0.3 is 10.1 Å². The molecule has 15 heavy (non-hydrogen) atoms. The van der Waals surface area contributed by atoms with E-state index >= 15 is 0 Å². The molecule has 0 atom stereocenters. The van der Waals surface area contributed by atoms with Crippen molar-refractivity contribution in [2.75, 3.05) is 19.8 Å². The van der Waals surface area contributed by atoms with Crippen LogP contribution in [-0.4, -0.2) is 25.7 Å². The number of ether oxygens (including phenoxy) is 1. The van der Waals surface area contributed by atoms with Crippen LogP contribution in [-0.2, 0) is 9.53 Å². The molecular weight excluding hydrogens is 190 g/mol. The zero-order valence-electron chi connectivity index (χ0n) is 9.55. The first-order valence-corrected chi connectivity index (χ1v) is 5.59. The minimum Gasteiger partial charge on any atom is -0.368 e. The number of terminal acetylenes is 1. The van der Waals surface area contributed by atoms with Crippen molar-refractivity contribution in [1.29, 1.82) is 0 Å². The molecule has 0 fully saturated rings. The molecule has 0 bridgehead atoms. The predicted molar refractivity (Wildman–Crippen MR) is 61.4 cm³/mol. The van der Waals surface area contributed by atoms with Gasteiger partial charge in [-0.25, -0.2) is 0 Å². The molecule has 0 radical (unpaired) electrons. The smallest absolute Gasteiger partial charge is 0.222 e. The maximum Gasteiger partial charge on any atom is 0.222 e. The number of amides is 1. The number of carbonyl (C=O) groups is 1. The Balaban J connectivity index is 3.16. The molecule has 0 aliphatic carbocycles. The monoisotopic (exact) mass is 211 g/mol. The Hall–Kier alpha value is -1.01. The zero-order valence-corrected chi connectivity index (χ0v) is 9.55. The van der Waals surface area contributed by atoms with Gasteiger partial charge in [-0.15, -0.1) is 6.42 Å². The van der Waals surface area contributed by atoms with E-state index in [-0.39, 0.29) is 12.5 Å². The second-order valence-electron chi connectivity index (χ2n) is 3.42. The van der Waals surface area contributed by atoms with Gasteiger partial charge in [0.15, 0.2) is 0 Å². The van der Waals surface area contributed by atoms with Gasteiger partial charge in [0.05, 0.1) is 13.0 Å².